The molecule has 3 N–H and O–H groups in total. The first-order valence-corrected chi connectivity index (χ1v) is 5.54. The number of para-hydroxylation sites is 1. The molecule has 86 valence electrons. The first kappa shape index (κ1) is 11.0. The minimum absolute atomic E-state index is 0.0154. The van der Waals surface area contributed by atoms with E-state index in [9.17, 15) is 4.79 Å². The molecule has 0 fully saturated rings. The predicted octanol–water partition coefficient (Wildman–Crippen LogP) is 0.965. The van der Waals surface area contributed by atoms with Gasteiger partial charge in [-0.05, 0) is 18.1 Å². The Morgan fingerprint density at radius 1 is 1.50 bits per heavy atom. The molecule has 0 aliphatic carbocycles. The van der Waals surface area contributed by atoms with Gasteiger partial charge in [-0.1, -0.05) is 19.1 Å². The molecular formula is C12H17N3O. The van der Waals surface area contributed by atoms with Crippen molar-refractivity contribution < 1.29 is 4.79 Å². The van der Waals surface area contributed by atoms with Gasteiger partial charge in [-0.25, -0.2) is 0 Å². The van der Waals surface area contributed by atoms with Crippen molar-refractivity contribution in [2.45, 2.75) is 19.4 Å². The molecule has 1 heterocycles. The molecule has 0 saturated heterocycles. The molecular weight excluding hydrogens is 202 g/mol. The summed E-state index contributed by atoms with van der Waals surface area (Å²) in [7, 11) is 1.91. The van der Waals surface area contributed by atoms with E-state index >= 15 is 0 Å². The third-order valence-electron chi connectivity index (χ3n) is 3.13. The molecule has 1 aliphatic rings. The maximum absolute atomic E-state index is 11.8. The third kappa shape index (κ3) is 1.55. The Morgan fingerprint density at radius 2 is 2.25 bits per heavy atom. The number of hydrogen-bond acceptors (Lipinski definition) is 3. The number of benzene rings is 1. The monoisotopic (exact) mass is 219 g/mol. The zero-order chi connectivity index (χ0) is 11.7. The van der Waals surface area contributed by atoms with Gasteiger partial charge < -0.3 is 16.0 Å². The number of amides is 1. The number of nitrogens with one attached hydrogen (secondary N) is 1. The van der Waals surface area contributed by atoms with Gasteiger partial charge in [0.2, 0.25) is 5.91 Å². The van der Waals surface area contributed by atoms with Crippen LogP contribution in [0.3, 0.4) is 0 Å². The fraction of sp³-hybridized carbons (Fsp3) is 0.417. The molecule has 1 amide bonds. The molecule has 0 radical (unpaired) electrons. The van der Waals surface area contributed by atoms with Gasteiger partial charge in [-0.3, -0.25) is 4.79 Å². The summed E-state index contributed by atoms with van der Waals surface area (Å²) in [5, 5.41) is 2.95. The van der Waals surface area contributed by atoms with E-state index in [1.807, 2.05) is 30.1 Å². The maximum atomic E-state index is 11.8. The second kappa shape index (κ2) is 4.14. The van der Waals surface area contributed by atoms with Crippen LogP contribution in [0, 0.1) is 0 Å². The smallest absolute Gasteiger partial charge is 0.248 e. The molecule has 16 heavy (non-hydrogen) atoms. The standard InChI is InChI=1S/C12H17N3O/c1-3-8-5-4-6-9-11(8)14-12(16)10(7-13)15(9)2/h4-6,10H,3,7,13H2,1-2H3,(H,14,16). The van der Waals surface area contributed by atoms with E-state index in [0.717, 1.165) is 23.4 Å². The predicted molar refractivity (Wildman–Crippen MR) is 65.7 cm³/mol. The van der Waals surface area contributed by atoms with Crippen LogP contribution in [-0.2, 0) is 11.2 Å². The first-order valence-electron chi connectivity index (χ1n) is 5.54. The van der Waals surface area contributed by atoms with Crippen LogP contribution in [0.15, 0.2) is 18.2 Å². The zero-order valence-corrected chi connectivity index (χ0v) is 9.66. The number of nitrogens with two attached hydrogens (primary N) is 1. The molecule has 1 atom stereocenters. The van der Waals surface area contributed by atoms with E-state index in [1.165, 1.54) is 0 Å². The summed E-state index contributed by atoms with van der Waals surface area (Å²) in [5.41, 5.74) is 8.75. The van der Waals surface area contributed by atoms with Crippen molar-refractivity contribution in [2.75, 3.05) is 23.8 Å². The Balaban J connectivity index is 2.49. The molecule has 0 bridgehead atoms. The Morgan fingerprint density at radius 3 is 2.88 bits per heavy atom. The van der Waals surface area contributed by atoms with E-state index in [-0.39, 0.29) is 11.9 Å². The van der Waals surface area contributed by atoms with Crippen LogP contribution in [-0.4, -0.2) is 25.5 Å². The van der Waals surface area contributed by atoms with Crippen molar-refractivity contribution in [3.63, 3.8) is 0 Å². The highest BCUT2D eigenvalue weighted by atomic mass is 16.2. The second-order valence-corrected chi connectivity index (χ2v) is 4.02. The normalized spacial score (nSPS) is 19.3. The summed E-state index contributed by atoms with van der Waals surface area (Å²) in [6.07, 6.45) is 0.907. The van der Waals surface area contributed by atoms with Crippen molar-refractivity contribution in [3.05, 3.63) is 23.8 Å². The highest BCUT2D eigenvalue weighted by molar-refractivity contribution is 6.04. The van der Waals surface area contributed by atoms with Gasteiger partial charge in [0.25, 0.3) is 0 Å². The van der Waals surface area contributed by atoms with Gasteiger partial charge in [-0.15, -0.1) is 0 Å². The van der Waals surface area contributed by atoms with E-state index in [2.05, 4.69) is 12.2 Å². The van der Waals surface area contributed by atoms with Crippen molar-refractivity contribution >= 4 is 17.3 Å². The van der Waals surface area contributed by atoms with Crippen molar-refractivity contribution in [3.8, 4) is 0 Å². The number of nitrogens with zero attached hydrogens (tertiary/aromatic N) is 1. The molecule has 1 aliphatic heterocycles. The lowest BCUT2D eigenvalue weighted by Crippen LogP contribution is -2.50. The molecule has 0 spiro atoms. The number of hydrogen-bond donors (Lipinski definition) is 2. The largest absolute Gasteiger partial charge is 0.360 e. The fourth-order valence-corrected chi connectivity index (χ4v) is 2.13. The summed E-state index contributed by atoms with van der Waals surface area (Å²) in [6.45, 7) is 2.41. The Labute approximate surface area is 95.4 Å². The number of carbonyl (C=O) groups excluding carboxylic acids is 1. The fourth-order valence-electron chi connectivity index (χ4n) is 2.13. The lowest BCUT2D eigenvalue weighted by Gasteiger charge is -2.35. The topological polar surface area (TPSA) is 58.4 Å². The number of carbonyl (C=O) groups is 1. The average Bonchev–Trinajstić information content (AvgIpc) is 2.29. The number of anilines is 2. The van der Waals surface area contributed by atoms with E-state index in [4.69, 9.17) is 5.73 Å². The molecule has 1 aromatic carbocycles. The van der Waals surface area contributed by atoms with E-state index in [0.29, 0.717) is 6.54 Å². The number of aryl methyl sites for hydroxylation is 1. The summed E-state index contributed by atoms with van der Waals surface area (Å²) in [5.74, 6) is -0.0154. The van der Waals surface area contributed by atoms with Crippen molar-refractivity contribution in [1.82, 2.24) is 0 Å². The van der Waals surface area contributed by atoms with Crippen LogP contribution in [0.4, 0.5) is 11.4 Å². The van der Waals surface area contributed by atoms with Crippen LogP contribution in [0.5, 0.6) is 0 Å². The van der Waals surface area contributed by atoms with Gasteiger partial charge in [-0.2, -0.15) is 0 Å². The van der Waals surface area contributed by atoms with Crippen LogP contribution >= 0.6 is 0 Å². The van der Waals surface area contributed by atoms with Gasteiger partial charge >= 0.3 is 0 Å². The number of rotatable bonds is 2. The number of likely N-dealkylation sites (N-methyl/N-ethyl adjacent to an activating group) is 1. The Bertz CT molecular complexity index is 417. The maximum Gasteiger partial charge on any atom is 0.248 e. The van der Waals surface area contributed by atoms with E-state index < -0.39 is 0 Å². The summed E-state index contributed by atoms with van der Waals surface area (Å²) in [6, 6.07) is 5.80. The van der Waals surface area contributed by atoms with Gasteiger partial charge in [0.1, 0.15) is 6.04 Å². The van der Waals surface area contributed by atoms with Crippen LogP contribution in [0.25, 0.3) is 0 Å². The minimum Gasteiger partial charge on any atom is -0.360 e. The Hall–Kier alpha value is -1.55. The van der Waals surface area contributed by atoms with Crippen molar-refractivity contribution in [1.29, 1.82) is 0 Å². The molecule has 1 aromatic rings. The highest BCUT2D eigenvalue weighted by Gasteiger charge is 2.30. The second-order valence-electron chi connectivity index (χ2n) is 4.02. The van der Waals surface area contributed by atoms with Crippen LogP contribution < -0.4 is 16.0 Å². The average molecular weight is 219 g/mol. The molecule has 0 saturated carbocycles. The molecule has 2 rings (SSSR count). The Kier molecular flexibility index (Phi) is 2.83. The van der Waals surface area contributed by atoms with Gasteiger partial charge in [0.05, 0.1) is 11.4 Å². The van der Waals surface area contributed by atoms with Crippen LogP contribution in [0.1, 0.15) is 12.5 Å². The van der Waals surface area contributed by atoms with Crippen LogP contribution in [0.2, 0.25) is 0 Å². The molecule has 0 aromatic heterocycles. The minimum atomic E-state index is -0.264. The van der Waals surface area contributed by atoms with Gasteiger partial charge in [0, 0.05) is 13.6 Å². The third-order valence-corrected chi connectivity index (χ3v) is 3.13. The summed E-state index contributed by atoms with van der Waals surface area (Å²) >= 11 is 0. The zero-order valence-electron chi connectivity index (χ0n) is 9.66. The highest BCUT2D eigenvalue weighted by Crippen LogP contribution is 2.33. The van der Waals surface area contributed by atoms with E-state index in [1.54, 1.807) is 0 Å². The molecule has 4 nitrogen and oxygen atoms in total. The lowest BCUT2D eigenvalue weighted by molar-refractivity contribution is -0.117. The van der Waals surface area contributed by atoms with Crippen molar-refractivity contribution in [2.24, 2.45) is 5.73 Å². The quantitative estimate of drug-likeness (QED) is 0.779. The SMILES string of the molecule is CCc1cccc2c1NC(=O)C(CN)N2C. The first-order chi connectivity index (χ1) is 7.69. The summed E-state index contributed by atoms with van der Waals surface area (Å²) in [4.78, 5) is 13.8. The lowest BCUT2D eigenvalue weighted by atomic mass is 10.0. The molecule has 1 unspecified atom stereocenters. The van der Waals surface area contributed by atoms with Gasteiger partial charge in [0.15, 0.2) is 0 Å². The number of fused-ring (bicyclic) bond motifs is 1. The summed E-state index contributed by atoms with van der Waals surface area (Å²) < 4.78 is 0. The molecule has 4 heteroatoms.